The van der Waals surface area contributed by atoms with Gasteiger partial charge in [0.1, 0.15) is 0 Å². The number of aromatic nitrogens is 2. The maximum atomic E-state index is 13.2. The Morgan fingerprint density at radius 1 is 1.34 bits per heavy atom. The maximum absolute atomic E-state index is 13.2. The van der Waals surface area contributed by atoms with Gasteiger partial charge in [0.25, 0.3) is 5.56 Å². The van der Waals surface area contributed by atoms with Gasteiger partial charge in [0, 0.05) is 12.6 Å². The first-order chi connectivity index (χ1) is 14.0. The molecule has 4 rings (SSSR count). The predicted molar refractivity (Wildman–Crippen MR) is 108 cm³/mol. The lowest BCUT2D eigenvalue weighted by Crippen LogP contribution is -2.30. The summed E-state index contributed by atoms with van der Waals surface area (Å²) in [6, 6.07) is 4.98. The monoisotopic (exact) mass is 417 g/mol. The standard InChI is InChI=1S/C20H23N3O5S/c1-27-19(26)12-4-7-15-16(9-12)22-20(29-11-17(24)21-13-5-6-13)23(18(15)25)10-14-3-2-8-28-14/h4,7,9,13-14H,2-3,5-6,8,10-11H2,1H3,(H,21,24)/t14-/m0/s1. The third-order valence-corrected chi connectivity index (χ3v) is 6.00. The van der Waals surface area contributed by atoms with E-state index in [4.69, 9.17) is 9.47 Å². The van der Waals surface area contributed by atoms with E-state index in [1.807, 2.05) is 0 Å². The number of rotatable bonds is 7. The van der Waals surface area contributed by atoms with Gasteiger partial charge in [-0.1, -0.05) is 11.8 Å². The molecule has 1 atom stereocenters. The van der Waals surface area contributed by atoms with Gasteiger partial charge in [0.15, 0.2) is 5.16 Å². The molecule has 1 aromatic heterocycles. The van der Waals surface area contributed by atoms with Crippen LogP contribution in [0.25, 0.3) is 10.9 Å². The van der Waals surface area contributed by atoms with E-state index in [1.54, 1.807) is 22.8 Å². The number of nitrogens with zero attached hydrogens (tertiary/aromatic N) is 2. The van der Waals surface area contributed by atoms with E-state index in [0.29, 0.717) is 34.8 Å². The predicted octanol–water partition coefficient (Wildman–Crippen LogP) is 1.73. The number of carbonyl (C=O) groups is 2. The zero-order valence-electron chi connectivity index (χ0n) is 16.2. The number of hydrogen-bond acceptors (Lipinski definition) is 7. The molecule has 2 aliphatic rings. The van der Waals surface area contributed by atoms with E-state index in [9.17, 15) is 14.4 Å². The molecule has 0 unspecified atom stereocenters. The van der Waals surface area contributed by atoms with E-state index >= 15 is 0 Å². The molecule has 0 spiro atoms. The number of hydrogen-bond donors (Lipinski definition) is 1. The fourth-order valence-electron chi connectivity index (χ4n) is 3.34. The molecule has 1 amide bonds. The molecule has 0 bridgehead atoms. The number of ether oxygens (including phenoxy) is 2. The Morgan fingerprint density at radius 2 is 2.17 bits per heavy atom. The van der Waals surface area contributed by atoms with Gasteiger partial charge in [-0.3, -0.25) is 14.2 Å². The molecule has 8 nitrogen and oxygen atoms in total. The van der Waals surface area contributed by atoms with Crippen LogP contribution in [0.3, 0.4) is 0 Å². The second kappa shape index (κ2) is 8.54. The zero-order chi connectivity index (χ0) is 20.4. The molecule has 9 heteroatoms. The minimum atomic E-state index is -0.491. The fraction of sp³-hybridized carbons (Fsp3) is 0.500. The van der Waals surface area contributed by atoms with Crippen molar-refractivity contribution in [3.63, 3.8) is 0 Å². The van der Waals surface area contributed by atoms with Crippen LogP contribution in [-0.2, 0) is 20.8 Å². The number of nitrogens with one attached hydrogen (secondary N) is 1. The van der Waals surface area contributed by atoms with E-state index in [-0.39, 0.29) is 29.4 Å². The van der Waals surface area contributed by atoms with Crippen molar-refractivity contribution in [2.45, 2.75) is 49.5 Å². The first-order valence-electron chi connectivity index (χ1n) is 9.72. The number of benzene rings is 1. The molecule has 1 aromatic carbocycles. The van der Waals surface area contributed by atoms with Crippen LogP contribution in [0.1, 0.15) is 36.0 Å². The Morgan fingerprint density at radius 3 is 2.86 bits per heavy atom. The molecule has 29 heavy (non-hydrogen) atoms. The summed E-state index contributed by atoms with van der Waals surface area (Å²) in [4.78, 5) is 41.7. The lowest BCUT2D eigenvalue weighted by molar-refractivity contribution is -0.118. The van der Waals surface area contributed by atoms with E-state index in [2.05, 4.69) is 10.3 Å². The summed E-state index contributed by atoms with van der Waals surface area (Å²) in [6.07, 6.45) is 3.85. The van der Waals surface area contributed by atoms with Crippen molar-refractivity contribution in [3.05, 3.63) is 34.1 Å². The second-order valence-electron chi connectivity index (χ2n) is 7.30. The summed E-state index contributed by atoms with van der Waals surface area (Å²) in [5.74, 6) is -0.384. The average molecular weight is 417 g/mol. The van der Waals surface area contributed by atoms with E-state index in [1.165, 1.54) is 18.9 Å². The van der Waals surface area contributed by atoms with Gasteiger partial charge < -0.3 is 14.8 Å². The van der Waals surface area contributed by atoms with Crippen molar-refractivity contribution in [3.8, 4) is 0 Å². The number of carbonyl (C=O) groups excluding carboxylic acids is 2. The molecule has 1 aliphatic heterocycles. The summed E-state index contributed by atoms with van der Waals surface area (Å²) < 4.78 is 12.0. The molecular formula is C20H23N3O5S. The van der Waals surface area contributed by atoms with Crippen molar-refractivity contribution >= 4 is 34.5 Å². The van der Waals surface area contributed by atoms with Crippen LogP contribution in [0, 0.1) is 0 Å². The van der Waals surface area contributed by atoms with Crippen LogP contribution in [-0.4, -0.2) is 53.0 Å². The lowest BCUT2D eigenvalue weighted by Gasteiger charge is -2.16. The Labute approximate surface area is 172 Å². The number of amides is 1. The summed E-state index contributed by atoms with van der Waals surface area (Å²) >= 11 is 1.23. The van der Waals surface area contributed by atoms with Gasteiger partial charge in [-0.2, -0.15) is 0 Å². The Kier molecular flexibility index (Phi) is 5.86. The van der Waals surface area contributed by atoms with Gasteiger partial charge >= 0.3 is 5.97 Å². The Balaban J connectivity index is 1.67. The average Bonchev–Trinajstić information content (AvgIpc) is 3.38. The minimum Gasteiger partial charge on any atom is -0.465 e. The highest BCUT2D eigenvalue weighted by Crippen LogP contribution is 2.23. The molecule has 2 fully saturated rings. The quantitative estimate of drug-likeness (QED) is 0.416. The highest BCUT2D eigenvalue weighted by Gasteiger charge is 2.24. The summed E-state index contributed by atoms with van der Waals surface area (Å²) in [5, 5.41) is 3.81. The van der Waals surface area contributed by atoms with Crippen molar-refractivity contribution < 1.29 is 19.1 Å². The molecule has 0 radical (unpaired) electrons. The largest absolute Gasteiger partial charge is 0.465 e. The van der Waals surface area contributed by atoms with Crippen LogP contribution in [0.5, 0.6) is 0 Å². The van der Waals surface area contributed by atoms with Crippen molar-refractivity contribution in [1.29, 1.82) is 0 Å². The van der Waals surface area contributed by atoms with Crippen molar-refractivity contribution in [1.82, 2.24) is 14.9 Å². The molecule has 1 saturated carbocycles. The van der Waals surface area contributed by atoms with Gasteiger partial charge in [-0.05, 0) is 43.9 Å². The molecule has 2 aromatic rings. The normalized spacial score (nSPS) is 18.7. The van der Waals surface area contributed by atoms with Crippen LogP contribution in [0.2, 0.25) is 0 Å². The fourth-order valence-corrected chi connectivity index (χ4v) is 4.16. The number of esters is 1. The highest BCUT2D eigenvalue weighted by molar-refractivity contribution is 7.99. The van der Waals surface area contributed by atoms with Crippen LogP contribution in [0.15, 0.2) is 28.2 Å². The smallest absolute Gasteiger partial charge is 0.337 e. The van der Waals surface area contributed by atoms with Gasteiger partial charge in [-0.15, -0.1) is 0 Å². The maximum Gasteiger partial charge on any atom is 0.337 e. The van der Waals surface area contributed by atoms with Crippen LogP contribution < -0.4 is 10.9 Å². The lowest BCUT2D eigenvalue weighted by atomic mass is 10.1. The third-order valence-electron chi connectivity index (χ3n) is 5.03. The SMILES string of the molecule is COC(=O)c1ccc2c(=O)n(C[C@@H]3CCCO3)c(SCC(=O)NC3CC3)nc2c1. The first-order valence-corrected chi connectivity index (χ1v) is 10.7. The highest BCUT2D eigenvalue weighted by atomic mass is 32.2. The van der Waals surface area contributed by atoms with Crippen LogP contribution >= 0.6 is 11.8 Å². The molecular weight excluding hydrogens is 394 g/mol. The van der Waals surface area contributed by atoms with Crippen LogP contribution in [0.4, 0.5) is 0 Å². The summed E-state index contributed by atoms with van der Waals surface area (Å²) in [6.45, 7) is 1.09. The minimum absolute atomic E-state index is 0.0408. The van der Waals surface area contributed by atoms with Crippen molar-refractivity contribution in [2.75, 3.05) is 19.5 Å². The molecule has 1 N–H and O–H groups in total. The molecule has 154 valence electrons. The number of methoxy groups -OCH3 is 1. The van der Waals surface area contributed by atoms with Crippen molar-refractivity contribution in [2.24, 2.45) is 0 Å². The Bertz CT molecular complexity index is 996. The molecule has 1 saturated heterocycles. The van der Waals surface area contributed by atoms with E-state index < -0.39 is 5.97 Å². The first kappa shape index (κ1) is 19.9. The third kappa shape index (κ3) is 4.62. The van der Waals surface area contributed by atoms with Gasteiger partial charge in [-0.25, -0.2) is 9.78 Å². The second-order valence-corrected chi connectivity index (χ2v) is 8.24. The summed E-state index contributed by atoms with van der Waals surface area (Å²) in [7, 11) is 1.30. The molecule has 1 aliphatic carbocycles. The number of thioether (sulfide) groups is 1. The topological polar surface area (TPSA) is 99.5 Å². The molecule has 2 heterocycles. The summed E-state index contributed by atoms with van der Waals surface area (Å²) in [5.41, 5.74) is 0.532. The van der Waals surface area contributed by atoms with Gasteiger partial charge in [0.05, 0.1) is 42.0 Å². The number of fused-ring (bicyclic) bond motifs is 1. The van der Waals surface area contributed by atoms with Gasteiger partial charge in [0.2, 0.25) is 5.91 Å². The van der Waals surface area contributed by atoms with E-state index in [0.717, 1.165) is 25.7 Å². The Hall–Kier alpha value is -2.39. The zero-order valence-corrected chi connectivity index (χ0v) is 17.0.